The number of Topliss-reactive ketones (excluding diaryl/α,β-unsaturated/α-hetero) is 1. The first-order valence-corrected chi connectivity index (χ1v) is 12.1. The second-order valence-electron chi connectivity index (χ2n) is 8.83. The lowest BCUT2D eigenvalue weighted by Crippen LogP contribution is -2.29. The van der Waals surface area contributed by atoms with Crippen LogP contribution in [0.25, 0.3) is 16.0 Å². The number of thiazole rings is 1. The summed E-state index contributed by atoms with van der Waals surface area (Å²) in [6.45, 7) is 5.74. The molecule has 36 heavy (non-hydrogen) atoms. The summed E-state index contributed by atoms with van der Waals surface area (Å²) < 4.78 is 20.0. The number of halogens is 1. The molecule has 1 aliphatic rings. The molecule has 0 bridgehead atoms. The van der Waals surface area contributed by atoms with Crippen LogP contribution >= 0.6 is 11.3 Å². The zero-order valence-electron chi connectivity index (χ0n) is 20.1. The molecule has 1 N–H and O–H groups in total. The van der Waals surface area contributed by atoms with Crippen molar-refractivity contribution in [1.82, 2.24) is 4.98 Å². The minimum absolute atomic E-state index is 0.0802. The number of aryl methyl sites for hydroxylation is 3. The second-order valence-corrected chi connectivity index (χ2v) is 9.84. The minimum atomic E-state index is -0.977. The van der Waals surface area contributed by atoms with Crippen molar-refractivity contribution in [1.29, 1.82) is 0 Å². The topological polar surface area (TPSA) is 79.7 Å². The van der Waals surface area contributed by atoms with E-state index in [1.807, 2.05) is 32.9 Å². The van der Waals surface area contributed by atoms with Gasteiger partial charge >= 0.3 is 5.91 Å². The molecule has 1 aromatic heterocycles. The van der Waals surface area contributed by atoms with Crippen molar-refractivity contribution < 1.29 is 23.8 Å². The fraction of sp³-hybridized carbons (Fsp3) is 0.179. The van der Waals surface area contributed by atoms with Crippen molar-refractivity contribution in [3.63, 3.8) is 0 Å². The monoisotopic (exact) mass is 502 g/mol. The molecule has 0 saturated carbocycles. The van der Waals surface area contributed by atoms with Gasteiger partial charge < -0.3 is 9.84 Å². The zero-order chi connectivity index (χ0) is 25.7. The van der Waals surface area contributed by atoms with Crippen LogP contribution in [-0.2, 0) is 9.59 Å². The molecule has 182 valence electrons. The quantitative estimate of drug-likeness (QED) is 0.210. The van der Waals surface area contributed by atoms with Crippen LogP contribution in [-0.4, -0.2) is 28.9 Å². The summed E-state index contributed by atoms with van der Waals surface area (Å²) in [5.74, 6) is -1.77. The van der Waals surface area contributed by atoms with Crippen molar-refractivity contribution in [2.24, 2.45) is 0 Å². The molecule has 0 spiro atoms. The average molecular weight is 503 g/mol. The molecule has 0 unspecified atom stereocenters. The van der Waals surface area contributed by atoms with Crippen LogP contribution in [0, 0.1) is 26.6 Å². The van der Waals surface area contributed by atoms with Gasteiger partial charge in [-0.3, -0.25) is 14.5 Å². The van der Waals surface area contributed by atoms with E-state index in [-0.39, 0.29) is 11.3 Å². The van der Waals surface area contributed by atoms with Gasteiger partial charge in [0, 0.05) is 5.56 Å². The van der Waals surface area contributed by atoms with Crippen molar-refractivity contribution >= 4 is 44.1 Å². The number of nitrogens with zero attached hydrogens (tertiary/aromatic N) is 2. The molecule has 1 saturated heterocycles. The molecule has 0 radical (unpaired) electrons. The van der Waals surface area contributed by atoms with Gasteiger partial charge in [0.05, 0.1) is 28.9 Å². The number of anilines is 1. The summed E-state index contributed by atoms with van der Waals surface area (Å²) >= 11 is 1.29. The number of aliphatic hydroxyl groups excluding tert-OH is 1. The van der Waals surface area contributed by atoms with Crippen LogP contribution in [0.3, 0.4) is 0 Å². The van der Waals surface area contributed by atoms with Crippen LogP contribution in [0.2, 0.25) is 0 Å². The summed E-state index contributed by atoms with van der Waals surface area (Å²) in [4.78, 5) is 32.8. The van der Waals surface area contributed by atoms with Gasteiger partial charge in [-0.1, -0.05) is 29.5 Å². The van der Waals surface area contributed by atoms with Gasteiger partial charge in [-0.2, -0.15) is 0 Å². The Kier molecular flexibility index (Phi) is 5.84. The molecular formula is C28H23FN2O4S. The number of rotatable bonds is 4. The third-order valence-electron chi connectivity index (χ3n) is 6.32. The molecule has 1 fully saturated rings. The molecule has 8 heteroatoms. The first kappa shape index (κ1) is 23.7. The van der Waals surface area contributed by atoms with Crippen molar-refractivity contribution in [3.8, 4) is 5.75 Å². The standard InChI is InChI=1S/C28H23FN2O4S/c1-14-11-16(3)23-21(12-14)36-28(30-23)31-24(17-5-8-19(29)9-6-17)22(26(33)27(31)34)25(32)18-7-10-20(35-4)15(2)13-18/h5-13,24,32H,1-4H3/t24-/m1/s1. The van der Waals surface area contributed by atoms with Gasteiger partial charge in [0.2, 0.25) is 0 Å². The summed E-state index contributed by atoms with van der Waals surface area (Å²) in [5.41, 5.74) is 4.28. The molecule has 1 atom stereocenters. The first-order valence-electron chi connectivity index (χ1n) is 11.3. The summed E-state index contributed by atoms with van der Waals surface area (Å²) in [6, 6.07) is 13.5. The Labute approximate surface area is 211 Å². The fourth-order valence-electron chi connectivity index (χ4n) is 4.63. The highest BCUT2D eigenvalue weighted by Gasteiger charge is 2.48. The lowest BCUT2D eigenvalue weighted by molar-refractivity contribution is -0.132. The normalized spacial score (nSPS) is 17.2. The third-order valence-corrected chi connectivity index (χ3v) is 7.32. The van der Waals surface area contributed by atoms with E-state index in [9.17, 15) is 19.1 Å². The van der Waals surface area contributed by atoms with Crippen LogP contribution < -0.4 is 9.64 Å². The third kappa shape index (κ3) is 3.83. The Balaban J connectivity index is 1.73. The predicted molar refractivity (Wildman–Crippen MR) is 138 cm³/mol. The lowest BCUT2D eigenvalue weighted by Gasteiger charge is -2.23. The van der Waals surface area contributed by atoms with Crippen LogP contribution in [0.4, 0.5) is 9.52 Å². The molecule has 1 aliphatic heterocycles. The number of hydrogen-bond acceptors (Lipinski definition) is 6. The van der Waals surface area contributed by atoms with Gasteiger partial charge in [0.15, 0.2) is 5.13 Å². The van der Waals surface area contributed by atoms with Crippen molar-refractivity contribution in [3.05, 3.63) is 93.8 Å². The highest BCUT2D eigenvalue weighted by molar-refractivity contribution is 7.22. The SMILES string of the molecule is COc1ccc(C(O)=C2C(=O)C(=O)N(c3nc4c(C)cc(C)cc4s3)[C@@H]2c2ccc(F)cc2)cc1C. The van der Waals surface area contributed by atoms with Gasteiger partial charge in [-0.05, 0) is 79.4 Å². The smallest absolute Gasteiger partial charge is 0.301 e. The molecule has 3 aromatic carbocycles. The number of methoxy groups -OCH3 is 1. The Bertz CT molecular complexity index is 1570. The zero-order valence-corrected chi connectivity index (χ0v) is 20.9. The van der Waals surface area contributed by atoms with Gasteiger partial charge in [-0.15, -0.1) is 0 Å². The molecule has 2 heterocycles. The van der Waals surface area contributed by atoms with Crippen LogP contribution in [0.15, 0.2) is 60.2 Å². The first-order chi connectivity index (χ1) is 17.2. The van der Waals surface area contributed by atoms with E-state index < -0.39 is 23.5 Å². The fourth-order valence-corrected chi connectivity index (χ4v) is 5.80. The maximum atomic E-state index is 13.8. The van der Waals surface area contributed by atoms with E-state index in [1.54, 1.807) is 25.3 Å². The molecular weight excluding hydrogens is 479 g/mol. The van der Waals surface area contributed by atoms with E-state index in [4.69, 9.17) is 9.72 Å². The number of carbonyl (C=O) groups excluding carboxylic acids is 2. The van der Waals surface area contributed by atoms with Crippen LogP contribution in [0.1, 0.15) is 33.9 Å². The largest absolute Gasteiger partial charge is 0.507 e. The molecule has 4 aromatic rings. The number of benzene rings is 3. The summed E-state index contributed by atoms with van der Waals surface area (Å²) in [5, 5.41) is 11.6. The molecule has 0 aliphatic carbocycles. The predicted octanol–water partition coefficient (Wildman–Crippen LogP) is 6.00. The number of fused-ring (bicyclic) bond motifs is 1. The van der Waals surface area contributed by atoms with E-state index in [1.165, 1.54) is 40.5 Å². The number of ketones is 1. The van der Waals surface area contributed by atoms with E-state index in [2.05, 4.69) is 0 Å². The Morgan fingerprint density at radius 3 is 2.42 bits per heavy atom. The summed E-state index contributed by atoms with van der Waals surface area (Å²) in [7, 11) is 1.54. The lowest BCUT2D eigenvalue weighted by atomic mass is 9.95. The number of carbonyl (C=O) groups is 2. The van der Waals surface area contributed by atoms with Gasteiger partial charge in [0.1, 0.15) is 17.3 Å². The Morgan fingerprint density at radius 2 is 1.75 bits per heavy atom. The number of hydrogen-bond donors (Lipinski definition) is 1. The van der Waals surface area contributed by atoms with Crippen molar-refractivity contribution in [2.75, 3.05) is 12.0 Å². The molecule has 1 amide bonds. The van der Waals surface area contributed by atoms with Gasteiger partial charge in [-0.25, -0.2) is 9.37 Å². The number of ether oxygens (including phenoxy) is 1. The van der Waals surface area contributed by atoms with E-state index in [0.717, 1.165) is 26.9 Å². The number of aromatic nitrogens is 1. The summed E-state index contributed by atoms with van der Waals surface area (Å²) in [6.07, 6.45) is 0. The molecule has 5 rings (SSSR count). The van der Waals surface area contributed by atoms with E-state index >= 15 is 0 Å². The second kappa shape index (κ2) is 8.87. The van der Waals surface area contributed by atoms with E-state index in [0.29, 0.717) is 22.0 Å². The highest BCUT2D eigenvalue weighted by Crippen LogP contribution is 2.45. The number of amides is 1. The Hall–Kier alpha value is -4.04. The average Bonchev–Trinajstić information content (AvgIpc) is 3.38. The Morgan fingerprint density at radius 1 is 1.03 bits per heavy atom. The maximum absolute atomic E-state index is 13.8. The highest BCUT2D eigenvalue weighted by atomic mass is 32.1. The van der Waals surface area contributed by atoms with Gasteiger partial charge in [0.25, 0.3) is 5.78 Å². The maximum Gasteiger partial charge on any atom is 0.301 e. The van der Waals surface area contributed by atoms with Crippen molar-refractivity contribution in [2.45, 2.75) is 26.8 Å². The molecule has 6 nitrogen and oxygen atoms in total. The number of aliphatic hydroxyl groups is 1. The minimum Gasteiger partial charge on any atom is -0.507 e. The van der Waals surface area contributed by atoms with Crippen LogP contribution in [0.5, 0.6) is 5.75 Å².